The summed E-state index contributed by atoms with van der Waals surface area (Å²) < 4.78 is 28.1. The van der Waals surface area contributed by atoms with E-state index in [9.17, 15) is 13.2 Å². The number of para-hydroxylation sites is 1. The predicted molar refractivity (Wildman–Crippen MR) is 121 cm³/mol. The van der Waals surface area contributed by atoms with Crippen LogP contribution in [0.3, 0.4) is 0 Å². The van der Waals surface area contributed by atoms with Crippen molar-refractivity contribution in [3.8, 4) is 0 Å². The number of aromatic nitrogens is 4. The first kappa shape index (κ1) is 21.7. The Morgan fingerprint density at radius 2 is 1.78 bits per heavy atom. The van der Waals surface area contributed by atoms with E-state index < -0.39 is 9.84 Å². The molecule has 2 aromatic heterocycles. The number of amides is 1. The maximum Gasteiger partial charge on any atom is 0.229 e. The topological polar surface area (TPSA) is 118 Å². The maximum absolute atomic E-state index is 13.3. The van der Waals surface area contributed by atoms with Crippen molar-refractivity contribution in [1.82, 2.24) is 25.1 Å². The van der Waals surface area contributed by atoms with Gasteiger partial charge in [0.15, 0.2) is 5.65 Å². The molecule has 10 heteroatoms. The zero-order chi connectivity index (χ0) is 22.9. The molecule has 166 valence electrons. The van der Waals surface area contributed by atoms with E-state index in [4.69, 9.17) is 0 Å². The number of carbonyl (C=O) groups excluding carboxylic acids is 1. The first-order valence-corrected chi connectivity index (χ1v) is 11.7. The van der Waals surface area contributed by atoms with E-state index in [0.29, 0.717) is 30.3 Å². The third kappa shape index (κ3) is 4.01. The minimum Gasteiger partial charge on any atom is -0.368 e. The number of nitrogens with zero attached hydrogens (tertiary/aromatic N) is 4. The Morgan fingerprint density at radius 3 is 2.47 bits per heavy atom. The molecular formula is C22H24N6O3S. The molecule has 0 aliphatic carbocycles. The molecule has 2 aromatic carbocycles. The first-order valence-electron chi connectivity index (χ1n) is 10.3. The van der Waals surface area contributed by atoms with Crippen molar-refractivity contribution in [3.05, 3.63) is 54.1 Å². The minimum absolute atomic E-state index is 0.128. The molecule has 32 heavy (non-hydrogen) atoms. The highest BCUT2D eigenvalue weighted by Gasteiger charge is 2.27. The van der Waals surface area contributed by atoms with Gasteiger partial charge in [-0.05, 0) is 35.7 Å². The van der Waals surface area contributed by atoms with Gasteiger partial charge in [0.05, 0.1) is 10.4 Å². The van der Waals surface area contributed by atoms with Crippen molar-refractivity contribution >= 4 is 38.1 Å². The summed E-state index contributed by atoms with van der Waals surface area (Å²) in [5, 5.41) is 14.5. The molecule has 4 rings (SSSR count). The van der Waals surface area contributed by atoms with Gasteiger partial charge in [0.1, 0.15) is 5.82 Å². The van der Waals surface area contributed by atoms with Crippen LogP contribution in [0.25, 0.3) is 16.6 Å². The Labute approximate surface area is 185 Å². The summed E-state index contributed by atoms with van der Waals surface area (Å²) in [7, 11) is -3.93. The predicted octanol–water partition coefficient (Wildman–Crippen LogP) is 2.78. The summed E-state index contributed by atoms with van der Waals surface area (Å²) >= 11 is 0. The Bertz CT molecular complexity index is 1390. The summed E-state index contributed by atoms with van der Waals surface area (Å²) in [5.74, 6) is 0.658. The van der Waals surface area contributed by atoms with Crippen LogP contribution >= 0.6 is 0 Å². The van der Waals surface area contributed by atoms with Crippen LogP contribution in [-0.2, 0) is 14.6 Å². The first-order chi connectivity index (χ1) is 15.3. The van der Waals surface area contributed by atoms with Gasteiger partial charge in [-0.25, -0.2) is 13.4 Å². The second-order valence-electron chi connectivity index (χ2n) is 7.74. The number of hydrogen-bond donors (Lipinski definition) is 2. The number of carbonyl (C=O) groups is 1. The lowest BCUT2D eigenvalue weighted by Gasteiger charge is -2.11. The van der Waals surface area contributed by atoms with Crippen LogP contribution in [0.1, 0.15) is 32.3 Å². The highest BCUT2D eigenvalue weighted by molar-refractivity contribution is 7.91. The molecule has 2 heterocycles. The van der Waals surface area contributed by atoms with E-state index in [1.165, 1.54) is 11.4 Å². The quantitative estimate of drug-likeness (QED) is 0.414. The van der Waals surface area contributed by atoms with Crippen molar-refractivity contribution in [1.29, 1.82) is 0 Å². The van der Waals surface area contributed by atoms with Crippen LogP contribution in [0.4, 0.5) is 5.82 Å². The summed E-state index contributed by atoms with van der Waals surface area (Å²) in [4.78, 5) is 15.8. The van der Waals surface area contributed by atoms with E-state index >= 15 is 0 Å². The number of sulfone groups is 1. The fourth-order valence-corrected chi connectivity index (χ4v) is 4.65. The Morgan fingerprint density at radius 1 is 1.06 bits per heavy atom. The molecule has 0 saturated heterocycles. The molecule has 0 aliphatic heterocycles. The van der Waals surface area contributed by atoms with Crippen molar-refractivity contribution < 1.29 is 13.2 Å². The maximum atomic E-state index is 13.3. The molecule has 0 bridgehead atoms. The molecule has 2 N–H and O–H groups in total. The molecule has 0 unspecified atom stereocenters. The van der Waals surface area contributed by atoms with Crippen LogP contribution in [0, 0.1) is 0 Å². The largest absolute Gasteiger partial charge is 0.368 e. The molecule has 1 amide bonds. The third-order valence-electron chi connectivity index (χ3n) is 5.12. The molecule has 9 nitrogen and oxygen atoms in total. The standard InChI is InChI=1S/C22H24N6O3S/c1-14(2)16-8-10-17(11-9-16)32(30,31)22-21-25-20(24-13-12-23-15(3)29)18-6-4-5-7-19(18)28(21)27-26-22/h4-11,14H,12-13H2,1-3H3,(H,23,29)(H,24,25). The monoisotopic (exact) mass is 452 g/mol. The fourth-order valence-electron chi connectivity index (χ4n) is 3.42. The van der Waals surface area contributed by atoms with Gasteiger partial charge in [0, 0.05) is 25.4 Å². The van der Waals surface area contributed by atoms with E-state index in [1.54, 1.807) is 24.3 Å². The summed E-state index contributed by atoms with van der Waals surface area (Å²) in [6, 6.07) is 14.2. The molecule has 0 spiro atoms. The van der Waals surface area contributed by atoms with Crippen molar-refractivity contribution in [2.75, 3.05) is 18.4 Å². The van der Waals surface area contributed by atoms with Gasteiger partial charge >= 0.3 is 0 Å². The number of nitrogens with one attached hydrogen (secondary N) is 2. The van der Waals surface area contributed by atoms with Gasteiger partial charge < -0.3 is 10.6 Å². The van der Waals surface area contributed by atoms with Crippen LogP contribution in [0.2, 0.25) is 0 Å². The van der Waals surface area contributed by atoms with Gasteiger partial charge in [0.25, 0.3) is 0 Å². The number of fused-ring (bicyclic) bond motifs is 3. The lowest BCUT2D eigenvalue weighted by atomic mass is 10.0. The molecular weight excluding hydrogens is 428 g/mol. The normalized spacial score (nSPS) is 11.9. The highest BCUT2D eigenvalue weighted by atomic mass is 32.2. The third-order valence-corrected chi connectivity index (χ3v) is 6.79. The summed E-state index contributed by atoms with van der Waals surface area (Å²) in [6.45, 7) is 6.37. The van der Waals surface area contributed by atoms with Gasteiger partial charge in [-0.1, -0.05) is 43.3 Å². The fraction of sp³-hybridized carbons (Fsp3) is 0.273. The van der Waals surface area contributed by atoms with Gasteiger partial charge in [0.2, 0.25) is 20.8 Å². The van der Waals surface area contributed by atoms with E-state index in [2.05, 4.69) is 25.9 Å². The smallest absolute Gasteiger partial charge is 0.229 e. The van der Waals surface area contributed by atoms with E-state index in [-0.39, 0.29) is 21.5 Å². The second-order valence-corrected chi connectivity index (χ2v) is 9.61. The van der Waals surface area contributed by atoms with Crippen molar-refractivity contribution in [2.45, 2.75) is 36.6 Å². The minimum atomic E-state index is -3.93. The van der Waals surface area contributed by atoms with Crippen LogP contribution in [0.15, 0.2) is 58.5 Å². The van der Waals surface area contributed by atoms with E-state index in [1.807, 2.05) is 38.1 Å². The SMILES string of the molecule is CC(=O)NCCNc1nc2c(S(=O)(=O)c3ccc(C(C)C)cc3)nnn2c2ccccc12. The van der Waals surface area contributed by atoms with Gasteiger partial charge in [-0.2, -0.15) is 4.52 Å². The lowest BCUT2D eigenvalue weighted by Crippen LogP contribution is -2.26. The molecule has 4 aromatic rings. The highest BCUT2D eigenvalue weighted by Crippen LogP contribution is 2.28. The lowest BCUT2D eigenvalue weighted by molar-refractivity contribution is -0.118. The van der Waals surface area contributed by atoms with E-state index in [0.717, 1.165) is 10.9 Å². The van der Waals surface area contributed by atoms with Crippen LogP contribution < -0.4 is 10.6 Å². The molecule has 0 saturated carbocycles. The average molecular weight is 453 g/mol. The van der Waals surface area contributed by atoms with Crippen LogP contribution in [-0.4, -0.2) is 47.2 Å². The molecule has 0 radical (unpaired) electrons. The Kier molecular flexibility index (Phi) is 5.79. The molecule has 0 fully saturated rings. The zero-order valence-corrected chi connectivity index (χ0v) is 18.8. The second kappa shape index (κ2) is 8.54. The van der Waals surface area contributed by atoms with Gasteiger partial charge in [-0.15, -0.1) is 5.10 Å². The van der Waals surface area contributed by atoms with Crippen molar-refractivity contribution in [2.24, 2.45) is 0 Å². The van der Waals surface area contributed by atoms with Crippen LogP contribution in [0.5, 0.6) is 0 Å². The number of hydrogen-bond acceptors (Lipinski definition) is 7. The Balaban J connectivity index is 1.80. The van der Waals surface area contributed by atoms with Gasteiger partial charge in [-0.3, -0.25) is 4.79 Å². The number of benzene rings is 2. The summed E-state index contributed by atoms with van der Waals surface area (Å²) in [6.07, 6.45) is 0. The number of anilines is 1. The molecule has 0 aliphatic rings. The Hall–Kier alpha value is -3.53. The molecule has 0 atom stereocenters. The average Bonchev–Trinajstić information content (AvgIpc) is 3.21. The number of rotatable bonds is 7. The summed E-state index contributed by atoms with van der Waals surface area (Å²) in [5.41, 5.74) is 1.86. The van der Waals surface area contributed by atoms with Crippen molar-refractivity contribution in [3.63, 3.8) is 0 Å². The zero-order valence-electron chi connectivity index (χ0n) is 18.0.